The number of rotatable bonds is 8. The van der Waals surface area contributed by atoms with Gasteiger partial charge in [-0.3, -0.25) is 4.79 Å². The van der Waals surface area contributed by atoms with Gasteiger partial charge in [0.25, 0.3) is 0 Å². The first-order valence-corrected chi connectivity index (χ1v) is 10.3. The third-order valence-electron chi connectivity index (χ3n) is 4.23. The minimum atomic E-state index is -0.171. The molecule has 0 aliphatic rings. The van der Waals surface area contributed by atoms with Crippen LogP contribution in [-0.4, -0.2) is 20.6 Å². The summed E-state index contributed by atoms with van der Waals surface area (Å²) in [6.07, 6.45) is 1.60. The molecule has 0 fully saturated rings. The van der Waals surface area contributed by atoms with Crippen LogP contribution in [0.5, 0.6) is 0 Å². The Morgan fingerprint density at radius 3 is 2.71 bits per heavy atom. The zero-order valence-electron chi connectivity index (χ0n) is 15.6. The molecule has 1 heterocycles. The van der Waals surface area contributed by atoms with Gasteiger partial charge in [0.1, 0.15) is 6.54 Å². The Kier molecular flexibility index (Phi) is 7.14. The number of hydrogen-bond acceptors (Lipinski definition) is 4. The van der Waals surface area contributed by atoms with Crippen molar-refractivity contribution < 1.29 is 9.90 Å². The Morgan fingerprint density at radius 2 is 2.00 bits per heavy atom. The quantitative estimate of drug-likeness (QED) is 0.547. The number of aliphatic hydroxyl groups excluding tert-OH is 1. The Balaban J connectivity index is 1.62. The van der Waals surface area contributed by atoms with E-state index in [4.69, 9.17) is 11.6 Å². The van der Waals surface area contributed by atoms with Crippen molar-refractivity contribution in [1.82, 2.24) is 14.9 Å². The molecule has 28 heavy (non-hydrogen) atoms. The summed E-state index contributed by atoms with van der Waals surface area (Å²) >= 11 is 7.54. The molecule has 7 heteroatoms. The minimum Gasteiger partial charge on any atom is -0.390 e. The van der Waals surface area contributed by atoms with Crippen molar-refractivity contribution >= 4 is 29.3 Å². The first kappa shape index (κ1) is 20.5. The number of thioether (sulfide) groups is 1. The predicted octanol–water partition coefficient (Wildman–Crippen LogP) is 3.95. The van der Waals surface area contributed by atoms with E-state index in [0.717, 1.165) is 11.1 Å². The fourth-order valence-electron chi connectivity index (χ4n) is 2.68. The van der Waals surface area contributed by atoms with Gasteiger partial charge in [0.2, 0.25) is 5.91 Å². The molecule has 5 nitrogen and oxygen atoms in total. The van der Waals surface area contributed by atoms with Crippen LogP contribution in [0.2, 0.25) is 5.02 Å². The number of aryl methyl sites for hydroxylation is 1. The van der Waals surface area contributed by atoms with Crippen LogP contribution in [0.4, 0.5) is 0 Å². The Hall–Kier alpha value is -2.28. The van der Waals surface area contributed by atoms with E-state index in [9.17, 15) is 9.90 Å². The lowest BCUT2D eigenvalue weighted by molar-refractivity contribution is -0.122. The second kappa shape index (κ2) is 9.78. The maximum absolute atomic E-state index is 12.4. The van der Waals surface area contributed by atoms with Gasteiger partial charge in [-0.15, -0.1) is 0 Å². The number of hydrogen-bond donors (Lipinski definition) is 2. The van der Waals surface area contributed by atoms with E-state index >= 15 is 0 Å². The molecule has 3 aromatic rings. The first-order valence-electron chi connectivity index (χ1n) is 8.90. The molecular formula is C21H22ClN3O2S. The van der Waals surface area contributed by atoms with Crippen LogP contribution in [0, 0.1) is 6.92 Å². The average molecular weight is 416 g/mol. The molecule has 0 aliphatic carbocycles. The Bertz CT molecular complexity index is 941. The Labute approximate surface area is 173 Å². The summed E-state index contributed by atoms with van der Waals surface area (Å²) in [4.78, 5) is 16.8. The fraction of sp³-hybridized carbons (Fsp3) is 0.238. The highest BCUT2D eigenvalue weighted by molar-refractivity contribution is 7.98. The lowest BCUT2D eigenvalue weighted by Gasteiger charge is -2.11. The summed E-state index contributed by atoms with van der Waals surface area (Å²) in [5.74, 6) is 0.547. The van der Waals surface area contributed by atoms with Crippen molar-refractivity contribution in [2.75, 3.05) is 0 Å². The molecule has 1 amide bonds. The second-order valence-electron chi connectivity index (χ2n) is 6.46. The fourth-order valence-corrected chi connectivity index (χ4v) is 3.84. The maximum atomic E-state index is 12.4. The number of halogens is 1. The number of imidazole rings is 1. The number of aromatic nitrogens is 2. The molecule has 2 aromatic carbocycles. The number of amides is 1. The summed E-state index contributed by atoms with van der Waals surface area (Å²) in [6, 6.07) is 15.7. The number of nitrogens with zero attached hydrogens (tertiary/aromatic N) is 2. The number of carbonyl (C=O) groups excluding carboxylic acids is 1. The number of nitrogens with one attached hydrogen (secondary N) is 1. The summed E-state index contributed by atoms with van der Waals surface area (Å²) in [5.41, 5.74) is 3.91. The van der Waals surface area contributed by atoms with Gasteiger partial charge in [-0.2, -0.15) is 0 Å². The zero-order chi connectivity index (χ0) is 19.9. The van der Waals surface area contributed by atoms with Gasteiger partial charge in [0.15, 0.2) is 5.16 Å². The monoisotopic (exact) mass is 415 g/mol. The third kappa shape index (κ3) is 5.61. The summed E-state index contributed by atoms with van der Waals surface area (Å²) in [7, 11) is 0. The molecule has 3 rings (SSSR count). The van der Waals surface area contributed by atoms with Crippen molar-refractivity contribution in [1.29, 1.82) is 0 Å². The smallest absolute Gasteiger partial charge is 0.240 e. The van der Waals surface area contributed by atoms with E-state index in [1.54, 1.807) is 10.8 Å². The van der Waals surface area contributed by atoms with Crippen LogP contribution in [0.15, 0.2) is 59.9 Å². The van der Waals surface area contributed by atoms with Crippen LogP contribution in [-0.2, 0) is 30.2 Å². The zero-order valence-corrected chi connectivity index (χ0v) is 17.1. The van der Waals surface area contributed by atoms with Crippen molar-refractivity contribution in [2.45, 2.75) is 37.5 Å². The highest BCUT2D eigenvalue weighted by atomic mass is 35.5. The van der Waals surface area contributed by atoms with Crippen LogP contribution < -0.4 is 5.32 Å². The minimum absolute atomic E-state index is 0.111. The highest BCUT2D eigenvalue weighted by Crippen LogP contribution is 2.24. The largest absolute Gasteiger partial charge is 0.390 e. The van der Waals surface area contributed by atoms with Gasteiger partial charge in [0, 0.05) is 17.3 Å². The molecule has 0 radical (unpaired) electrons. The van der Waals surface area contributed by atoms with E-state index in [0.29, 0.717) is 28.2 Å². The molecule has 0 atom stereocenters. The number of benzene rings is 2. The van der Waals surface area contributed by atoms with Gasteiger partial charge in [-0.05, 0) is 30.2 Å². The van der Waals surface area contributed by atoms with Gasteiger partial charge in [-0.25, -0.2) is 4.98 Å². The molecule has 146 valence electrons. The van der Waals surface area contributed by atoms with E-state index < -0.39 is 0 Å². The standard InChI is InChI=1S/C21H22ClN3O2S/c1-15-5-7-16(8-6-15)10-23-20(27)12-25-19(13-26)11-24-21(25)28-14-17-3-2-4-18(22)9-17/h2-9,11,26H,10,12-14H2,1H3,(H,23,27). The van der Waals surface area contributed by atoms with Crippen LogP contribution in [0.25, 0.3) is 0 Å². The lowest BCUT2D eigenvalue weighted by Crippen LogP contribution is -2.28. The van der Waals surface area contributed by atoms with E-state index in [-0.39, 0.29) is 19.1 Å². The van der Waals surface area contributed by atoms with E-state index in [2.05, 4.69) is 10.3 Å². The Morgan fingerprint density at radius 1 is 1.21 bits per heavy atom. The molecule has 0 saturated carbocycles. The molecule has 0 unspecified atom stereocenters. The number of aliphatic hydroxyl groups is 1. The molecule has 1 aromatic heterocycles. The molecule has 0 spiro atoms. The van der Waals surface area contributed by atoms with E-state index in [1.807, 2.05) is 55.5 Å². The highest BCUT2D eigenvalue weighted by Gasteiger charge is 2.14. The summed E-state index contributed by atoms with van der Waals surface area (Å²) in [5, 5.41) is 13.9. The number of carbonyl (C=O) groups is 1. The summed E-state index contributed by atoms with van der Waals surface area (Å²) in [6.45, 7) is 2.43. The van der Waals surface area contributed by atoms with Crippen molar-refractivity contribution in [2.24, 2.45) is 0 Å². The van der Waals surface area contributed by atoms with Gasteiger partial charge >= 0.3 is 0 Å². The maximum Gasteiger partial charge on any atom is 0.240 e. The van der Waals surface area contributed by atoms with E-state index in [1.165, 1.54) is 17.3 Å². The SMILES string of the molecule is Cc1ccc(CNC(=O)Cn2c(CO)cnc2SCc2cccc(Cl)c2)cc1. The molecule has 0 bridgehead atoms. The molecule has 0 aliphatic heterocycles. The summed E-state index contributed by atoms with van der Waals surface area (Å²) < 4.78 is 1.75. The van der Waals surface area contributed by atoms with Crippen LogP contribution >= 0.6 is 23.4 Å². The van der Waals surface area contributed by atoms with Crippen LogP contribution in [0.1, 0.15) is 22.4 Å². The third-order valence-corrected chi connectivity index (χ3v) is 5.53. The average Bonchev–Trinajstić information content (AvgIpc) is 3.07. The van der Waals surface area contributed by atoms with Gasteiger partial charge < -0.3 is 15.0 Å². The van der Waals surface area contributed by atoms with Gasteiger partial charge in [0.05, 0.1) is 18.5 Å². The molecule has 2 N–H and O–H groups in total. The normalized spacial score (nSPS) is 10.8. The van der Waals surface area contributed by atoms with Gasteiger partial charge in [-0.1, -0.05) is 65.3 Å². The van der Waals surface area contributed by atoms with Crippen molar-refractivity contribution in [3.8, 4) is 0 Å². The molecular weight excluding hydrogens is 394 g/mol. The second-order valence-corrected chi connectivity index (χ2v) is 7.84. The lowest BCUT2D eigenvalue weighted by atomic mass is 10.1. The van der Waals surface area contributed by atoms with Crippen LogP contribution in [0.3, 0.4) is 0 Å². The molecule has 0 saturated heterocycles. The van der Waals surface area contributed by atoms with Crippen molar-refractivity contribution in [3.63, 3.8) is 0 Å². The topological polar surface area (TPSA) is 67.2 Å². The predicted molar refractivity (Wildman–Crippen MR) is 112 cm³/mol. The van der Waals surface area contributed by atoms with Crippen molar-refractivity contribution in [3.05, 3.63) is 82.1 Å². The first-order chi connectivity index (χ1) is 13.5.